The molecule has 0 unspecified atom stereocenters. The molecule has 0 N–H and O–H groups in total. The van der Waals surface area contributed by atoms with Crippen LogP contribution in [0.2, 0.25) is 0 Å². The second kappa shape index (κ2) is 11.1. The van der Waals surface area contributed by atoms with Gasteiger partial charge in [-0.2, -0.15) is 0 Å². The van der Waals surface area contributed by atoms with E-state index < -0.39 is 0 Å². The van der Waals surface area contributed by atoms with Gasteiger partial charge in [-0.15, -0.1) is 0 Å². The molecule has 2 rings (SSSR count). The molecule has 2 aromatic rings. The summed E-state index contributed by atoms with van der Waals surface area (Å²) in [5.41, 5.74) is 2.04. The smallest absolute Gasteiger partial charge is 0.256 e. The van der Waals surface area contributed by atoms with E-state index in [4.69, 9.17) is 9.21 Å². The van der Waals surface area contributed by atoms with Crippen LogP contribution >= 0.6 is 11.8 Å². The van der Waals surface area contributed by atoms with Crippen molar-refractivity contribution < 1.29 is 9.21 Å². The van der Waals surface area contributed by atoms with Crippen molar-refractivity contribution >= 4 is 18.0 Å². The number of benzene rings is 1. The Balaban J connectivity index is 0.000000713. The number of carbonyl (C=O) groups is 1. The van der Waals surface area contributed by atoms with Crippen molar-refractivity contribution in [1.82, 2.24) is 4.98 Å². The number of carbonyl (C=O) groups excluding carboxylic acids is 1. The molecule has 21 heavy (non-hydrogen) atoms. The third-order valence-electron chi connectivity index (χ3n) is 2.15. The van der Waals surface area contributed by atoms with Crippen LogP contribution in [0.5, 0.6) is 0 Å². The summed E-state index contributed by atoms with van der Waals surface area (Å²) in [4.78, 5) is 13.2. The molecule has 0 saturated heterocycles. The Kier molecular flexibility index (Phi) is 10.3. The van der Waals surface area contributed by atoms with Gasteiger partial charge in [0, 0.05) is 10.8 Å². The zero-order valence-electron chi connectivity index (χ0n) is 13.7. The first-order valence-electron chi connectivity index (χ1n) is 7.17. The molecule has 116 valence electrons. The van der Waals surface area contributed by atoms with E-state index in [2.05, 4.69) is 18.8 Å². The number of rotatable bonds is 3. The van der Waals surface area contributed by atoms with Gasteiger partial charge in [0.1, 0.15) is 6.29 Å². The molecule has 1 aromatic heterocycles. The second-order valence-corrected chi connectivity index (χ2v) is 5.69. The van der Waals surface area contributed by atoms with Crippen molar-refractivity contribution in [1.29, 1.82) is 0 Å². The fraction of sp³-hybridized carbons (Fsp3) is 0.412. The maximum atomic E-state index is 8.81. The number of oxazole rings is 1. The molecule has 3 nitrogen and oxygen atoms in total. The van der Waals surface area contributed by atoms with E-state index in [0.29, 0.717) is 5.25 Å². The van der Waals surface area contributed by atoms with Gasteiger partial charge in [0.15, 0.2) is 5.76 Å². The number of thioether (sulfide) groups is 1. The second-order valence-electron chi connectivity index (χ2n) is 4.16. The van der Waals surface area contributed by atoms with Crippen molar-refractivity contribution in [3.8, 4) is 11.3 Å². The summed E-state index contributed by atoms with van der Waals surface area (Å²) in [6.45, 7) is 11.7. The predicted molar refractivity (Wildman–Crippen MR) is 90.8 cm³/mol. The summed E-state index contributed by atoms with van der Waals surface area (Å²) in [6.07, 6.45) is 0.750. The van der Waals surface area contributed by atoms with Gasteiger partial charge < -0.3 is 9.21 Å². The minimum Gasteiger partial charge on any atom is -0.431 e. The van der Waals surface area contributed by atoms with Crippen LogP contribution in [-0.4, -0.2) is 16.5 Å². The Hall–Kier alpha value is -1.55. The first-order valence-corrected chi connectivity index (χ1v) is 8.05. The molecule has 4 heteroatoms. The lowest BCUT2D eigenvalue weighted by Crippen LogP contribution is -1.85. The van der Waals surface area contributed by atoms with Crippen molar-refractivity contribution in [3.05, 3.63) is 36.0 Å². The Bertz CT molecular complexity index is 507. The minimum absolute atomic E-state index is 0.488. The molecule has 0 aliphatic heterocycles. The minimum atomic E-state index is 0.488. The number of aryl methyl sites for hydroxylation is 1. The molecule has 0 atom stereocenters. The fourth-order valence-electron chi connectivity index (χ4n) is 1.48. The molecule has 0 saturated carbocycles. The Labute approximate surface area is 132 Å². The van der Waals surface area contributed by atoms with Crippen molar-refractivity contribution in [3.63, 3.8) is 0 Å². The fourth-order valence-corrected chi connectivity index (χ4v) is 2.21. The third-order valence-corrected chi connectivity index (χ3v) is 3.00. The first kappa shape index (κ1) is 19.4. The maximum absolute atomic E-state index is 8.81. The topological polar surface area (TPSA) is 43.1 Å². The molecular formula is C17H25NO2S. The average molecular weight is 307 g/mol. The molecule has 0 fully saturated rings. The Morgan fingerprint density at radius 1 is 1.19 bits per heavy atom. The predicted octanol–water partition coefficient (Wildman–Crippen LogP) is 5.38. The average Bonchev–Trinajstić information content (AvgIpc) is 2.83. The monoisotopic (exact) mass is 307 g/mol. The van der Waals surface area contributed by atoms with Gasteiger partial charge in [-0.25, -0.2) is 4.98 Å². The number of nitrogens with zero attached hydrogens (tertiary/aromatic N) is 1. The highest BCUT2D eigenvalue weighted by Crippen LogP contribution is 2.30. The Morgan fingerprint density at radius 3 is 2.19 bits per heavy atom. The molecule has 1 heterocycles. The molecule has 0 aliphatic rings. The molecule has 0 bridgehead atoms. The van der Waals surface area contributed by atoms with Crippen molar-refractivity contribution in [2.75, 3.05) is 0 Å². The van der Waals surface area contributed by atoms with Gasteiger partial charge in [-0.3, -0.25) is 0 Å². The quantitative estimate of drug-likeness (QED) is 0.564. The SMILES string of the molecule is CC.CC=O.Cc1nc(SC(C)C)oc1-c1ccccc1. The number of hydrogen-bond acceptors (Lipinski definition) is 4. The van der Waals surface area contributed by atoms with Crippen molar-refractivity contribution in [2.24, 2.45) is 0 Å². The summed E-state index contributed by atoms with van der Waals surface area (Å²) in [7, 11) is 0. The highest BCUT2D eigenvalue weighted by atomic mass is 32.2. The Morgan fingerprint density at radius 2 is 1.71 bits per heavy atom. The lowest BCUT2D eigenvalue weighted by atomic mass is 10.1. The van der Waals surface area contributed by atoms with Crippen LogP contribution in [0.4, 0.5) is 0 Å². The molecule has 1 aromatic carbocycles. The van der Waals surface area contributed by atoms with Gasteiger partial charge >= 0.3 is 0 Å². The summed E-state index contributed by atoms with van der Waals surface area (Å²) in [5, 5.41) is 1.24. The summed E-state index contributed by atoms with van der Waals surface area (Å²) in [5.74, 6) is 0.878. The van der Waals surface area contributed by atoms with Crippen LogP contribution in [0.1, 0.15) is 40.3 Å². The zero-order valence-corrected chi connectivity index (χ0v) is 14.5. The van der Waals surface area contributed by atoms with Crippen LogP contribution < -0.4 is 0 Å². The van der Waals surface area contributed by atoms with E-state index in [1.54, 1.807) is 11.8 Å². The standard InChI is InChI=1S/C13H15NOS.C2H4O.C2H6/c1-9(2)16-13-14-10(3)12(15-13)11-7-5-4-6-8-11;1-2-3;1-2/h4-9H,1-3H3;2H,1H3;1-2H3. The number of hydrogen-bond donors (Lipinski definition) is 0. The van der Waals surface area contributed by atoms with Crippen LogP contribution in [0.15, 0.2) is 40.0 Å². The van der Waals surface area contributed by atoms with Gasteiger partial charge in [-0.1, -0.05) is 69.8 Å². The molecule has 0 radical (unpaired) electrons. The highest BCUT2D eigenvalue weighted by Gasteiger charge is 2.12. The van der Waals surface area contributed by atoms with Gasteiger partial charge in [0.05, 0.1) is 5.69 Å². The number of aromatic nitrogens is 1. The normalized spacial score (nSPS) is 9.29. The lowest BCUT2D eigenvalue weighted by molar-refractivity contribution is -0.106. The lowest BCUT2D eigenvalue weighted by Gasteiger charge is -1.98. The van der Waals surface area contributed by atoms with Gasteiger partial charge in [-0.05, 0) is 13.8 Å². The molecular weight excluding hydrogens is 282 g/mol. The van der Waals surface area contributed by atoms with E-state index >= 15 is 0 Å². The van der Waals surface area contributed by atoms with E-state index in [1.807, 2.05) is 51.1 Å². The van der Waals surface area contributed by atoms with Crippen LogP contribution in [0, 0.1) is 6.92 Å². The highest BCUT2D eigenvalue weighted by molar-refractivity contribution is 7.99. The largest absolute Gasteiger partial charge is 0.431 e. The number of aldehydes is 1. The van der Waals surface area contributed by atoms with Crippen LogP contribution in [0.25, 0.3) is 11.3 Å². The van der Waals surface area contributed by atoms with E-state index in [1.165, 1.54) is 6.92 Å². The first-order chi connectivity index (χ1) is 10.1. The van der Waals surface area contributed by atoms with Crippen molar-refractivity contribution in [2.45, 2.75) is 52.0 Å². The molecule has 0 aliphatic carbocycles. The van der Waals surface area contributed by atoms with E-state index in [-0.39, 0.29) is 0 Å². The van der Waals surface area contributed by atoms with Crippen LogP contribution in [0.3, 0.4) is 0 Å². The zero-order chi connectivity index (χ0) is 16.3. The van der Waals surface area contributed by atoms with Gasteiger partial charge in [0.25, 0.3) is 5.22 Å². The third kappa shape index (κ3) is 7.14. The molecule has 0 amide bonds. The summed E-state index contributed by atoms with van der Waals surface area (Å²) < 4.78 is 5.76. The van der Waals surface area contributed by atoms with E-state index in [0.717, 1.165) is 28.5 Å². The molecule has 0 spiro atoms. The summed E-state index contributed by atoms with van der Waals surface area (Å²) in [6, 6.07) is 10.1. The van der Waals surface area contributed by atoms with Crippen LogP contribution in [-0.2, 0) is 4.79 Å². The summed E-state index contributed by atoms with van der Waals surface area (Å²) >= 11 is 1.65. The maximum Gasteiger partial charge on any atom is 0.256 e. The van der Waals surface area contributed by atoms with Gasteiger partial charge in [0.2, 0.25) is 0 Å². The van der Waals surface area contributed by atoms with E-state index in [9.17, 15) is 0 Å².